The highest BCUT2D eigenvalue weighted by atomic mass is 15.2. The highest BCUT2D eigenvalue weighted by molar-refractivity contribution is 6.13. The molecule has 10 aromatic rings. The molecule has 0 radical (unpaired) electrons. The quantitative estimate of drug-likeness (QED) is 0.150. The highest BCUT2D eigenvalue weighted by Crippen LogP contribution is 2.52. The molecule has 0 fully saturated rings. The van der Waals surface area contributed by atoms with Crippen LogP contribution in [0.3, 0.4) is 0 Å². The van der Waals surface area contributed by atoms with Gasteiger partial charge in [-0.1, -0.05) is 175 Å². The summed E-state index contributed by atoms with van der Waals surface area (Å²) in [6.45, 7) is 18.3. The number of hydrogen-bond acceptors (Lipinski definition) is 2. The van der Waals surface area contributed by atoms with Gasteiger partial charge in [-0.3, -0.25) is 0 Å². The van der Waals surface area contributed by atoms with Gasteiger partial charge in [0.25, 0.3) is 0 Å². The highest BCUT2D eigenvalue weighted by Gasteiger charge is 2.27. The van der Waals surface area contributed by atoms with E-state index < -0.39 is 0 Å². The number of aryl methyl sites for hydroxylation is 2. The predicted molar refractivity (Wildman–Crippen MR) is 293 cm³/mol. The van der Waals surface area contributed by atoms with Crippen LogP contribution >= 0.6 is 0 Å². The monoisotopic (exact) mass is 878 g/mol. The third-order valence-electron chi connectivity index (χ3n) is 14.1. The first-order chi connectivity index (χ1) is 32.8. The Morgan fingerprint density at radius 1 is 0.279 bits per heavy atom. The molecule has 0 aliphatic heterocycles. The molecule has 0 N–H and O–H groups in total. The number of para-hydroxylation sites is 2. The van der Waals surface area contributed by atoms with Crippen LogP contribution in [0.5, 0.6) is 0 Å². The zero-order chi connectivity index (χ0) is 46.9. The predicted octanol–water partition coefficient (Wildman–Crippen LogP) is 19.1. The summed E-state index contributed by atoms with van der Waals surface area (Å²) >= 11 is 0. The van der Waals surface area contributed by atoms with E-state index in [0.717, 1.165) is 22.7 Å². The van der Waals surface area contributed by atoms with Crippen LogP contribution in [-0.4, -0.2) is 0 Å². The van der Waals surface area contributed by atoms with Crippen molar-refractivity contribution >= 4 is 55.7 Å². The summed E-state index contributed by atoms with van der Waals surface area (Å²) in [6, 6.07) is 76.9. The van der Waals surface area contributed by atoms with Crippen LogP contribution in [0, 0.1) is 13.8 Å². The van der Waals surface area contributed by atoms with Gasteiger partial charge in [0.15, 0.2) is 0 Å². The number of rotatable bonds is 8. The Balaban J connectivity index is 1.04. The molecule has 0 heterocycles. The lowest BCUT2D eigenvalue weighted by atomic mass is 9.78. The van der Waals surface area contributed by atoms with Crippen LogP contribution in [0.2, 0.25) is 0 Å². The second-order valence-electron chi connectivity index (χ2n) is 20.8. The van der Waals surface area contributed by atoms with Gasteiger partial charge in [0.2, 0.25) is 0 Å². The lowest BCUT2D eigenvalue weighted by molar-refractivity contribution is 0.590. The number of anilines is 6. The van der Waals surface area contributed by atoms with Crippen molar-refractivity contribution in [3.05, 3.63) is 229 Å². The molecule has 68 heavy (non-hydrogen) atoms. The maximum atomic E-state index is 2.48. The summed E-state index contributed by atoms with van der Waals surface area (Å²) in [6.07, 6.45) is 0. The van der Waals surface area contributed by atoms with E-state index in [1.807, 2.05) is 0 Å². The van der Waals surface area contributed by atoms with Crippen molar-refractivity contribution in [1.82, 2.24) is 0 Å². The standard InChI is InChI=1S/C66H58N2/c1-43-27-31-51(65(3,4)5)41-63(43)67(61-25-17-15-23-55(61)45-19-11-9-12-20-45)53-33-29-47-37-57-58-38-48-30-34-54(36-50(48)40-60(58)59(57)39-49(47)35-53)68(64-42-52(66(6,7)8)32-28-44(64)2)62-26-18-16-24-56(62)46-21-13-10-14-22-46/h9-42H,1-8H3. The molecule has 0 saturated carbocycles. The Bertz CT molecular complexity index is 3310. The van der Waals surface area contributed by atoms with Gasteiger partial charge in [-0.25, -0.2) is 0 Å². The van der Waals surface area contributed by atoms with Gasteiger partial charge in [0, 0.05) is 33.9 Å². The summed E-state index contributed by atoms with van der Waals surface area (Å²) in [5.41, 5.74) is 22.1. The van der Waals surface area contributed by atoms with Crippen molar-refractivity contribution in [2.45, 2.75) is 66.2 Å². The van der Waals surface area contributed by atoms with E-state index >= 15 is 0 Å². The maximum absolute atomic E-state index is 2.48. The summed E-state index contributed by atoms with van der Waals surface area (Å²) in [5, 5.41) is 4.94. The molecule has 0 amide bonds. The van der Waals surface area contributed by atoms with Gasteiger partial charge < -0.3 is 9.80 Å². The van der Waals surface area contributed by atoms with Gasteiger partial charge in [-0.05, 0) is 175 Å². The first kappa shape index (κ1) is 42.9. The van der Waals surface area contributed by atoms with Crippen molar-refractivity contribution in [1.29, 1.82) is 0 Å². The largest absolute Gasteiger partial charge is 0.310 e. The van der Waals surface area contributed by atoms with Crippen molar-refractivity contribution < 1.29 is 0 Å². The van der Waals surface area contributed by atoms with E-state index in [2.05, 4.69) is 271 Å². The normalized spacial score (nSPS) is 12.1. The molecular formula is C66H58N2. The van der Waals surface area contributed by atoms with E-state index in [-0.39, 0.29) is 10.8 Å². The Morgan fingerprint density at radius 2 is 0.632 bits per heavy atom. The van der Waals surface area contributed by atoms with E-state index in [1.165, 1.54) is 99.7 Å². The molecule has 10 aromatic carbocycles. The van der Waals surface area contributed by atoms with E-state index in [0.29, 0.717) is 0 Å². The van der Waals surface area contributed by atoms with Gasteiger partial charge in [-0.2, -0.15) is 0 Å². The number of hydrogen-bond donors (Lipinski definition) is 0. The van der Waals surface area contributed by atoms with Crippen LogP contribution in [0.15, 0.2) is 206 Å². The number of benzene rings is 10. The second kappa shape index (κ2) is 16.6. The average molecular weight is 879 g/mol. The minimum absolute atomic E-state index is 0.00169. The molecule has 2 heteroatoms. The summed E-state index contributed by atoms with van der Waals surface area (Å²) in [5.74, 6) is 0. The molecule has 1 aliphatic rings. The van der Waals surface area contributed by atoms with Crippen molar-refractivity contribution in [3.8, 4) is 44.5 Å². The van der Waals surface area contributed by atoms with Gasteiger partial charge in [-0.15, -0.1) is 0 Å². The molecule has 2 nitrogen and oxygen atoms in total. The smallest absolute Gasteiger partial charge is 0.0540 e. The van der Waals surface area contributed by atoms with E-state index in [9.17, 15) is 0 Å². The molecular weight excluding hydrogens is 821 g/mol. The van der Waals surface area contributed by atoms with Gasteiger partial charge in [0.1, 0.15) is 0 Å². The number of fused-ring (bicyclic) bond motifs is 6. The fraction of sp³-hybridized carbons (Fsp3) is 0.152. The molecule has 0 unspecified atom stereocenters. The van der Waals surface area contributed by atoms with Crippen molar-refractivity contribution in [3.63, 3.8) is 0 Å². The summed E-state index contributed by atoms with van der Waals surface area (Å²) in [4.78, 5) is 4.96. The Kier molecular flexibility index (Phi) is 10.5. The maximum Gasteiger partial charge on any atom is 0.0540 e. The third-order valence-corrected chi connectivity index (χ3v) is 14.1. The van der Waals surface area contributed by atoms with Gasteiger partial charge >= 0.3 is 0 Å². The summed E-state index contributed by atoms with van der Waals surface area (Å²) < 4.78 is 0. The van der Waals surface area contributed by atoms with Crippen molar-refractivity contribution in [2.75, 3.05) is 9.80 Å². The average Bonchev–Trinajstić information content (AvgIpc) is 3.34. The minimum atomic E-state index is -0.00169. The fourth-order valence-corrected chi connectivity index (χ4v) is 10.2. The minimum Gasteiger partial charge on any atom is -0.310 e. The molecule has 0 spiro atoms. The molecule has 0 saturated heterocycles. The van der Waals surface area contributed by atoms with Crippen LogP contribution in [-0.2, 0) is 10.8 Å². The number of nitrogens with zero attached hydrogens (tertiary/aromatic N) is 2. The summed E-state index contributed by atoms with van der Waals surface area (Å²) in [7, 11) is 0. The topological polar surface area (TPSA) is 6.48 Å². The van der Waals surface area contributed by atoms with E-state index in [4.69, 9.17) is 0 Å². The Labute approximate surface area is 402 Å². The lowest BCUT2D eigenvalue weighted by Gasteiger charge is -2.32. The molecule has 332 valence electrons. The zero-order valence-corrected chi connectivity index (χ0v) is 40.5. The Morgan fingerprint density at radius 3 is 1.01 bits per heavy atom. The van der Waals surface area contributed by atoms with Crippen LogP contribution < -0.4 is 9.80 Å². The first-order valence-corrected chi connectivity index (χ1v) is 24.1. The molecule has 0 aromatic heterocycles. The van der Waals surface area contributed by atoms with Gasteiger partial charge in [0.05, 0.1) is 11.4 Å². The third kappa shape index (κ3) is 7.64. The molecule has 1 aliphatic carbocycles. The molecule has 0 atom stereocenters. The van der Waals surface area contributed by atoms with Crippen LogP contribution in [0.1, 0.15) is 63.8 Å². The van der Waals surface area contributed by atoms with Crippen LogP contribution in [0.4, 0.5) is 34.1 Å². The Hall–Kier alpha value is -7.68. The van der Waals surface area contributed by atoms with Crippen LogP contribution in [0.25, 0.3) is 66.1 Å². The van der Waals surface area contributed by atoms with E-state index in [1.54, 1.807) is 0 Å². The second-order valence-corrected chi connectivity index (χ2v) is 20.8. The molecule has 0 bridgehead atoms. The fourth-order valence-electron chi connectivity index (χ4n) is 10.2. The lowest BCUT2D eigenvalue weighted by Crippen LogP contribution is -2.16. The SMILES string of the molecule is Cc1ccc(C(C)(C)C)cc1N(c1ccc2cc3c(cc2c1)-c1cc2cc(N(c4cc(C(C)(C)C)ccc4C)c4ccccc4-c4ccccc4)ccc2cc1-3)c1ccccc1-c1ccccc1. The van der Waals surface area contributed by atoms with Crippen molar-refractivity contribution in [2.24, 2.45) is 0 Å². The first-order valence-electron chi connectivity index (χ1n) is 24.1. The molecule has 11 rings (SSSR count). The zero-order valence-electron chi connectivity index (χ0n) is 40.5.